The number of aryl methyl sites for hydroxylation is 2. The van der Waals surface area contributed by atoms with Crippen molar-refractivity contribution in [3.63, 3.8) is 0 Å². The Labute approximate surface area is 115 Å². The third-order valence-corrected chi connectivity index (χ3v) is 4.00. The number of aromatic nitrogens is 2. The van der Waals surface area contributed by atoms with E-state index in [0.29, 0.717) is 0 Å². The lowest BCUT2D eigenvalue weighted by Gasteiger charge is -2.32. The van der Waals surface area contributed by atoms with E-state index in [1.807, 2.05) is 11.7 Å². The van der Waals surface area contributed by atoms with Gasteiger partial charge in [0.05, 0.1) is 16.4 Å². The van der Waals surface area contributed by atoms with Gasteiger partial charge in [0.1, 0.15) is 0 Å². The highest BCUT2D eigenvalue weighted by Gasteiger charge is 2.20. The molecule has 0 saturated heterocycles. The summed E-state index contributed by atoms with van der Waals surface area (Å²) in [5.74, 6) is 0. The van der Waals surface area contributed by atoms with Crippen LogP contribution in [0, 0.1) is 0 Å². The molecule has 5 heteroatoms. The topological polar surface area (TPSA) is 33.1 Å². The lowest BCUT2D eigenvalue weighted by Crippen LogP contribution is -2.46. The van der Waals surface area contributed by atoms with Crippen LogP contribution >= 0.6 is 11.6 Å². The van der Waals surface area contributed by atoms with Crippen LogP contribution in [0.4, 0.5) is 0 Å². The maximum Gasteiger partial charge on any atom is 0.0863 e. The molecule has 1 rings (SSSR count). The molecule has 104 valence electrons. The van der Waals surface area contributed by atoms with Gasteiger partial charge in [-0.05, 0) is 34.4 Å². The zero-order chi connectivity index (χ0) is 13.9. The van der Waals surface area contributed by atoms with Gasteiger partial charge in [-0.25, -0.2) is 0 Å². The first-order chi connectivity index (χ1) is 8.29. The van der Waals surface area contributed by atoms with Crippen LogP contribution < -0.4 is 5.32 Å². The molecule has 1 N–H and O–H groups in total. The van der Waals surface area contributed by atoms with E-state index in [9.17, 15) is 0 Å². The maximum absolute atomic E-state index is 6.31. The monoisotopic (exact) mass is 272 g/mol. The first-order valence-electron chi connectivity index (χ1n) is 6.38. The van der Waals surface area contributed by atoms with Gasteiger partial charge in [-0.3, -0.25) is 4.68 Å². The Morgan fingerprint density at radius 2 is 2.00 bits per heavy atom. The van der Waals surface area contributed by atoms with E-state index in [4.69, 9.17) is 11.6 Å². The molecular weight excluding hydrogens is 248 g/mol. The van der Waals surface area contributed by atoms with Gasteiger partial charge in [-0.1, -0.05) is 18.5 Å². The predicted molar refractivity (Wildman–Crippen MR) is 77.1 cm³/mol. The van der Waals surface area contributed by atoms with Crippen LogP contribution in [0.5, 0.6) is 0 Å². The fraction of sp³-hybridized carbons (Fsp3) is 0.769. The molecule has 0 unspecified atom stereocenters. The van der Waals surface area contributed by atoms with Gasteiger partial charge in [-0.15, -0.1) is 0 Å². The molecule has 4 nitrogen and oxygen atoms in total. The Bertz CT molecular complexity index is 396. The summed E-state index contributed by atoms with van der Waals surface area (Å²) < 4.78 is 1.87. The van der Waals surface area contributed by atoms with Crippen LogP contribution in [-0.2, 0) is 20.0 Å². The van der Waals surface area contributed by atoms with Gasteiger partial charge in [0, 0.05) is 25.7 Å². The molecular formula is C13H25ClN4. The van der Waals surface area contributed by atoms with Crippen molar-refractivity contribution in [2.45, 2.75) is 39.3 Å². The third kappa shape index (κ3) is 3.46. The highest BCUT2D eigenvalue weighted by Crippen LogP contribution is 2.20. The molecule has 0 amide bonds. The van der Waals surface area contributed by atoms with E-state index in [-0.39, 0.29) is 5.54 Å². The fourth-order valence-electron chi connectivity index (χ4n) is 1.66. The molecule has 0 saturated carbocycles. The highest BCUT2D eigenvalue weighted by atomic mass is 35.5. The molecule has 0 aromatic carbocycles. The number of nitrogens with zero attached hydrogens (tertiary/aromatic N) is 3. The van der Waals surface area contributed by atoms with Crippen LogP contribution in [-0.4, -0.2) is 40.9 Å². The quantitative estimate of drug-likeness (QED) is 0.861. The van der Waals surface area contributed by atoms with E-state index in [1.165, 1.54) is 0 Å². The minimum absolute atomic E-state index is 0.124. The normalized spacial score (nSPS) is 12.4. The van der Waals surface area contributed by atoms with Crippen molar-refractivity contribution in [2.24, 2.45) is 7.05 Å². The molecule has 0 spiro atoms. The van der Waals surface area contributed by atoms with Crippen molar-refractivity contribution in [3.05, 3.63) is 16.4 Å². The molecule has 1 heterocycles. The summed E-state index contributed by atoms with van der Waals surface area (Å²) in [6.45, 7) is 8.15. The standard InChI is InChI=1S/C13H25ClN4/c1-7-10-12(14)11(18(6)16-10)8-15-9-13(2,3)17(4)5/h15H,7-9H2,1-6H3. The van der Waals surface area contributed by atoms with E-state index in [2.05, 4.69) is 50.2 Å². The molecule has 0 aliphatic rings. The Morgan fingerprint density at radius 3 is 2.44 bits per heavy atom. The van der Waals surface area contributed by atoms with Crippen molar-refractivity contribution >= 4 is 11.6 Å². The lowest BCUT2D eigenvalue weighted by molar-refractivity contribution is 0.189. The number of halogens is 1. The smallest absolute Gasteiger partial charge is 0.0863 e. The second-order valence-corrected chi connectivity index (χ2v) is 5.87. The molecule has 0 aliphatic carbocycles. The van der Waals surface area contributed by atoms with Crippen molar-refractivity contribution < 1.29 is 0 Å². The second-order valence-electron chi connectivity index (χ2n) is 5.49. The SMILES string of the molecule is CCc1nn(C)c(CNCC(C)(C)N(C)C)c1Cl. The second kappa shape index (κ2) is 6.04. The van der Waals surface area contributed by atoms with Crippen LogP contribution in [0.1, 0.15) is 32.2 Å². The number of rotatable bonds is 6. The van der Waals surface area contributed by atoms with Crippen LogP contribution in [0.3, 0.4) is 0 Å². The lowest BCUT2D eigenvalue weighted by atomic mass is 10.0. The molecule has 18 heavy (non-hydrogen) atoms. The molecule has 1 aromatic heterocycles. The average molecular weight is 273 g/mol. The predicted octanol–water partition coefficient (Wildman–Crippen LogP) is 2.07. The first kappa shape index (κ1) is 15.5. The summed E-state index contributed by atoms with van der Waals surface area (Å²) in [5, 5.41) is 8.67. The number of nitrogens with one attached hydrogen (secondary N) is 1. The minimum atomic E-state index is 0.124. The molecule has 1 aromatic rings. The summed E-state index contributed by atoms with van der Waals surface area (Å²) in [4.78, 5) is 2.21. The molecule has 0 bridgehead atoms. The zero-order valence-electron chi connectivity index (χ0n) is 12.3. The van der Waals surface area contributed by atoms with Crippen LogP contribution in [0.2, 0.25) is 5.02 Å². The van der Waals surface area contributed by atoms with Crippen molar-refractivity contribution in [1.82, 2.24) is 20.0 Å². The van der Waals surface area contributed by atoms with Gasteiger partial charge >= 0.3 is 0 Å². The van der Waals surface area contributed by atoms with Crippen LogP contribution in [0.25, 0.3) is 0 Å². The molecule has 0 radical (unpaired) electrons. The van der Waals surface area contributed by atoms with Gasteiger partial charge in [0.15, 0.2) is 0 Å². The fourth-order valence-corrected chi connectivity index (χ4v) is 2.02. The number of likely N-dealkylation sites (N-methyl/N-ethyl adjacent to an activating group) is 1. The minimum Gasteiger partial charge on any atom is -0.309 e. The summed E-state index contributed by atoms with van der Waals surface area (Å²) >= 11 is 6.31. The summed E-state index contributed by atoms with van der Waals surface area (Å²) in [6, 6.07) is 0. The highest BCUT2D eigenvalue weighted by molar-refractivity contribution is 6.31. The number of hydrogen-bond donors (Lipinski definition) is 1. The summed E-state index contributed by atoms with van der Waals surface area (Å²) in [7, 11) is 6.13. The van der Waals surface area contributed by atoms with Crippen molar-refractivity contribution in [3.8, 4) is 0 Å². The van der Waals surface area contributed by atoms with Crippen molar-refractivity contribution in [1.29, 1.82) is 0 Å². The van der Waals surface area contributed by atoms with Crippen molar-refractivity contribution in [2.75, 3.05) is 20.6 Å². The summed E-state index contributed by atoms with van der Waals surface area (Å²) in [5.41, 5.74) is 2.16. The first-order valence-corrected chi connectivity index (χ1v) is 6.75. The Balaban J connectivity index is 2.62. The Morgan fingerprint density at radius 1 is 1.39 bits per heavy atom. The Hall–Kier alpha value is -0.580. The maximum atomic E-state index is 6.31. The Kier molecular flexibility index (Phi) is 5.20. The third-order valence-electron chi connectivity index (χ3n) is 3.56. The molecule has 0 aliphatic heterocycles. The largest absolute Gasteiger partial charge is 0.309 e. The zero-order valence-corrected chi connectivity index (χ0v) is 13.1. The molecule has 0 atom stereocenters. The van der Waals surface area contributed by atoms with Gasteiger partial charge in [0.2, 0.25) is 0 Å². The van der Waals surface area contributed by atoms with Gasteiger partial charge < -0.3 is 10.2 Å². The average Bonchev–Trinajstić information content (AvgIpc) is 2.55. The van der Waals surface area contributed by atoms with Gasteiger partial charge in [-0.2, -0.15) is 5.10 Å². The van der Waals surface area contributed by atoms with E-state index in [0.717, 1.165) is 35.9 Å². The number of hydrogen-bond acceptors (Lipinski definition) is 3. The van der Waals surface area contributed by atoms with E-state index >= 15 is 0 Å². The van der Waals surface area contributed by atoms with Crippen LogP contribution in [0.15, 0.2) is 0 Å². The summed E-state index contributed by atoms with van der Waals surface area (Å²) in [6.07, 6.45) is 0.871. The van der Waals surface area contributed by atoms with Gasteiger partial charge in [0.25, 0.3) is 0 Å². The molecule has 0 fully saturated rings. The van der Waals surface area contributed by atoms with E-state index in [1.54, 1.807) is 0 Å². The van der Waals surface area contributed by atoms with E-state index < -0.39 is 0 Å².